The van der Waals surface area contributed by atoms with Gasteiger partial charge in [0.15, 0.2) is 0 Å². The van der Waals surface area contributed by atoms with Crippen molar-refractivity contribution in [3.8, 4) is 5.75 Å². The van der Waals surface area contributed by atoms with Crippen molar-refractivity contribution < 1.29 is 9.53 Å². The molecule has 8 heteroatoms. The molecule has 1 amide bonds. The number of aromatic nitrogens is 2. The Balaban J connectivity index is 0.00000240. The fourth-order valence-corrected chi connectivity index (χ4v) is 3.61. The lowest BCUT2D eigenvalue weighted by atomic mass is 10.1. The van der Waals surface area contributed by atoms with Crippen molar-refractivity contribution in [1.29, 1.82) is 0 Å². The summed E-state index contributed by atoms with van der Waals surface area (Å²) in [6.45, 7) is 2.33. The average molecular weight is 435 g/mol. The quantitative estimate of drug-likeness (QED) is 0.622. The predicted molar refractivity (Wildman–Crippen MR) is 117 cm³/mol. The van der Waals surface area contributed by atoms with Crippen LogP contribution in [-0.2, 0) is 17.9 Å². The van der Waals surface area contributed by atoms with Crippen LogP contribution in [0.4, 0.5) is 0 Å². The lowest BCUT2D eigenvalue weighted by Gasteiger charge is -2.24. The SMILES string of the molecule is Cl.O=C(Cn1c(COc2ccc(Cl)cc2)nc2ccccc21)N[C@H]1CCCNC1. The molecule has 1 saturated heterocycles. The van der Waals surface area contributed by atoms with Gasteiger partial charge in [-0.05, 0) is 55.8 Å². The van der Waals surface area contributed by atoms with Crippen LogP contribution >= 0.6 is 24.0 Å². The fraction of sp³-hybridized carbons (Fsp3) is 0.333. The minimum absolute atomic E-state index is 0. The van der Waals surface area contributed by atoms with Crippen molar-refractivity contribution in [2.24, 2.45) is 0 Å². The largest absolute Gasteiger partial charge is 0.486 e. The highest BCUT2D eigenvalue weighted by atomic mass is 35.5. The Labute approximate surface area is 181 Å². The molecule has 1 fully saturated rings. The molecule has 154 valence electrons. The van der Waals surface area contributed by atoms with E-state index in [1.165, 1.54) is 0 Å². The minimum Gasteiger partial charge on any atom is -0.486 e. The smallest absolute Gasteiger partial charge is 0.240 e. The number of fused-ring (bicyclic) bond motifs is 1. The van der Waals surface area contributed by atoms with E-state index in [1.54, 1.807) is 12.1 Å². The van der Waals surface area contributed by atoms with Gasteiger partial charge in [0.2, 0.25) is 5.91 Å². The maximum Gasteiger partial charge on any atom is 0.240 e. The molecule has 0 spiro atoms. The van der Waals surface area contributed by atoms with Crippen molar-refractivity contribution in [3.05, 3.63) is 59.4 Å². The van der Waals surface area contributed by atoms with E-state index in [1.807, 2.05) is 41.0 Å². The van der Waals surface area contributed by atoms with E-state index < -0.39 is 0 Å². The lowest BCUT2D eigenvalue weighted by molar-refractivity contribution is -0.122. The van der Waals surface area contributed by atoms with Crippen molar-refractivity contribution in [1.82, 2.24) is 20.2 Å². The van der Waals surface area contributed by atoms with Crippen LogP contribution < -0.4 is 15.4 Å². The normalized spacial score (nSPS) is 16.2. The summed E-state index contributed by atoms with van der Waals surface area (Å²) in [6, 6.07) is 15.2. The highest BCUT2D eigenvalue weighted by Crippen LogP contribution is 2.20. The Bertz CT molecular complexity index is 953. The number of carbonyl (C=O) groups is 1. The number of hydrogen-bond acceptors (Lipinski definition) is 4. The second-order valence-corrected chi connectivity index (χ2v) is 7.39. The van der Waals surface area contributed by atoms with E-state index in [0.29, 0.717) is 16.6 Å². The number of para-hydroxylation sites is 2. The summed E-state index contributed by atoms with van der Waals surface area (Å²) < 4.78 is 7.79. The second-order valence-electron chi connectivity index (χ2n) is 6.96. The molecule has 3 aromatic rings. The lowest BCUT2D eigenvalue weighted by Crippen LogP contribution is -2.46. The molecule has 6 nitrogen and oxygen atoms in total. The minimum atomic E-state index is -0.00963. The van der Waals surface area contributed by atoms with Gasteiger partial charge in [0, 0.05) is 17.6 Å². The molecule has 1 atom stereocenters. The molecule has 4 rings (SSSR count). The zero-order valence-corrected chi connectivity index (χ0v) is 17.5. The first-order valence-electron chi connectivity index (χ1n) is 9.51. The number of halogens is 2. The third kappa shape index (κ3) is 5.41. The molecular formula is C21H24Cl2N4O2. The maximum absolute atomic E-state index is 12.6. The van der Waals surface area contributed by atoms with Gasteiger partial charge < -0.3 is 19.9 Å². The zero-order chi connectivity index (χ0) is 19.3. The van der Waals surface area contributed by atoms with Crippen LogP contribution in [0.2, 0.25) is 5.02 Å². The summed E-state index contributed by atoms with van der Waals surface area (Å²) in [5, 5.41) is 7.10. The summed E-state index contributed by atoms with van der Waals surface area (Å²) in [6.07, 6.45) is 2.09. The predicted octanol–water partition coefficient (Wildman–Crippen LogP) is 3.56. The van der Waals surface area contributed by atoms with Gasteiger partial charge in [0.1, 0.15) is 24.7 Å². The highest BCUT2D eigenvalue weighted by molar-refractivity contribution is 6.30. The summed E-state index contributed by atoms with van der Waals surface area (Å²) in [5.41, 5.74) is 1.78. The molecule has 0 saturated carbocycles. The Morgan fingerprint density at radius 2 is 2.03 bits per heavy atom. The number of piperidine rings is 1. The van der Waals surface area contributed by atoms with E-state index in [2.05, 4.69) is 15.6 Å². The second kappa shape index (κ2) is 9.96. The van der Waals surface area contributed by atoms with Crippen molar-refractivity contribution in [2.75, 3.05) is 13.1 Å². The Morgan fingerprint density at radius 3 is 2.79 bits per heavy atom. The molecule has 0 radical (unpaired) electrons. The van der Waals surface area contributed by atoms with Crippen molar-refractivity contribution in [2.45, 2.75) is 32.0 Å². The molecule has 1 aliphatic rings. The van der Waals surface area contributed by atoms with Crippen molar-refractivity contribution in [3.63, 3.8) is 0 Å². The van der Waals surface area contributed by atoms with Gasteiger partial charge in [-0.2, -0.15) is 0 Å². The standard InChI is InChI=1S/C21H23ClN4O2.ClH/c22-15-7-9-17(10-8-15)28-14-20-25-18-5-1-2-6-19(18)26(20)13-21(27)24-16-4-3-11-23-12-16;/h1-2,5-10,16,23H,3-4,11-14H2,(H,24,27);1H/t16-;/m0./s1. The molecule has 0 bridgehead atoms. The monoisotopic (exact) mass is 434 g/mol. The van der Waals surface area contributed by atoms with E-state index in [0.717, 1.165) is 37.0 Å². The number of hydrogen-bond donors (Lipinski definition) is 2. The molecule has 29 heavy (non-hydrogen) atoms. The number of benzene rings is 2. The van der Waals surface area contributed by atoms with Crippen LogP contribution in [0.25, 0.3) is 11.0 Å². The van der Waals surface area contributed by atoms with Crippen LogP contribution in [0.15, 0.2) is 48.5 Å². The number of rotatable bonds is 6. The van der Waals surface area contributed by atoms with E-state index in [9.17, 15) is 4.79 Å². The van der Waals surface area contributed by atoms with Gasteiger partial charge in [-0.3, -0.25) is 4.79 Å². The summed E-state index contributed by atoms with van der Waals surface area (Å²) in [5.74, 6) is 1.42. The van der Waals surface area contributed by atoms with Crippen LogP contribution in [0.3, 0.4) is 0 Å². The van der Waals surface area contributed by atoms with E-state index in [-0.39, 0.29) is 37.5 Å². The number of carbonyl (C=O) groups excluding carboxylic acids is 1. The molecule has 0 unspecified atom stereocenters. The third-order valence-electron chi connectivity index (χ3n) is 4.88. The molecule has 2 heterocycles. The topological polar surface area (TPSA) is 68.2 Å². The average Bonchev–Trinajstić information content (AvgIpc) is 3.06. The van der Waals surface area contributed by atoms with Crippen LogP contribution in [0.1, 0.15) is 18.7 Å². The van der Waals surface area contributed by atoms with Gasteiger partial charge >= 0.3 is 0 Å². The first kappa shape index (κ1) is 21.4. The highest BCUT2D eigenvalue weighted by Gasteiger charge is 2.18. The Hall–Kier alpha value is -2.28. The Morgan fingerprint density at radius 1 is 1.24 bits per heavy atom. The van der Waals surface area contributed by atoms with Crippen LogP contribution in [0.5, 0.6) is 5.75 Å². The molecular weight excluding hydrogens is 411 g/mol. The van der Waals surface area contributed by atoms with Gasteiger partial charge in [0.05, 0.1) is 11.0 Å². The number of nitrogens with zero attached hydrogens (tertiary/aromatic N) is 2. The molecule has 2 aromatic carbocycles. The van der Waals surface area contributed by atoms with Crippen LogP contribution in [0, 0.1) is 0 Å². The molecule has 2 N–H and O–H groups in total. The number of nitrogens with one attached hydrogen (secondary N) is 2. The molecule has 1 aliphatic heterocycles. The van der Waals surface area contributed by atoms with E-state index in [4.69, 9.17) is 16.3 Å². The first-order chi connectivity index (χ1) is 13.7. The number of imidazole rings is 1. The van der Waals surface area contributed by atoms with Gasteiger partial charge in [0.25, 0.3) is 0 Å². The summed E-state index contributed by atoms with van der Waals surface area (Å²) in [7, 11) is 0. The van der Waals surface area contributed by atoms with Gasteiger partial charge in [-0.1, -0.05) is 23.7 Å². The summed E-state index contributed by atoms with van der Waals surface area (Å²) in [4.78, 5) is 17.3. The van der Waals surface area contributed by atoms with Gasteiger partial charge in [-0.25, -0.2) is 4.98 Å². The summed E-state index contributed by atoms with van der Waals surface area (Å²) >= 11 is 5.92. The molecule has 1 aromatic heterocycles. The third-order valence-corrected chi connectivity index (χ3v) is 5.13. The number of ether oxygens (including phenoxy) is 1. The molecule has 0 aliphatic carbocycles. The zero-order valence-electron chi connectivity index (χ0n) is 15.9. The van der Waals surface area contributed by atoms with Crippen LogP contribution in [-0.4, -0.2) is 34.6 Å². The Kier molecular flexibility index (Phi) is 7.36. The first-order valence-corrected chi connectivity index (χ1v) is 9.89. The van der Waals surface area contributed by atoms with Crippen molar-refractivity contribution >= 4 is 40.9 Å². The number of amides is 1. The van der Waals surface area contributed by atoms with E-state index >= 15 is 0 Å². The van der Waals surface area contributed by atoms with Gasteiger partial charge in [-0.15, -0.1) is 12.4 Å². The maximum atomic E-state index is 12.6. The fourth-order valence-electron chi connectivity index (χ4n) is 3.48.